The highest BCUT2D eigenvalue weighted by atomic mass is 16.5. The minimum absolute atomic E-state index is 0.0333. The summed E-state index contributed by atoms with van der Waals surface area (Å²) in [4.78, 5) is 23.0. The van der Waals surface area contributed by atoms with Crippen molar-refractivity contribution in [3.05, 3.63) is 0 Å². The number of hydrogen-bond acceptors (Lipinski definition) is 4. The molecule has 15 heavy (non-hydrogen) atoms. The molecule has 0 atom stereocenters. The third-order valence-corrected chi connectivity index (χ3v) is 2.93. The van der Waals surface area contributed by atoms with Crippen molar-refractivity contribution in [2.75, 3.05) is 20.3 Å². The van der Waals surface area contributed by atoms with Crippen LogP contribution in [0.5, 0.6) is 0 Å². The van der Waals surface area contributed by atoms with Crippen molar-refractivity contribution in [3.63, 3.8) is 0 Å². The molecule has 0 bridgehead atoms. The molecule has 0 radical (unpaired) electrons. The van der Waals surface area contributed by atoms with Crippen molar-refractivity contribution in [2.45, 2.75) is 32.6 Å². The smallest absolute Gasteiger partial charge is 0.313 e. The van der Waals surface area contributed by atoms with E-state index in [9.17, 15) is 9.59 Å². The number of rotatable bonds is 6. The molecule has 1 aliphatic rings. The predicted octanol–water partition coefficient (Wildman–Crippen LogP) is 1.33. The van der Waals surface area contributed by atoms with Crippen LogP contribution in [0.3, 0.4) is 0 Å². The number of ketones is 1. The molecule has 4 heteroatoms. The van der Waals surface area contributed by atoms with Crippen LogP contribution in [0.25, 0.3) is 0 Å². The zero-order valence-corrected chi connectivity index (χ0v) is 9.38. The number of carbonyl (C=O) groups excluding carboxylic acids is 2. The zero-order chi connectivity index (χ0) is 11.3. The lowest BCUT2D eigenvalue weighted by Crippen LogP contribution is -2.42. The van der Waals surface area contributed by atoms with Gasteiger partial charge in [0.2, 0.25) is 0 Å². The van der Waals surface area contributed by atoms with Crippen LogP contribution in [0.1, 0.15) is 32.6 Å². The van der Waals surface area contributed by atoms with Gasteiger partial charge < -0.3 is 9.47 Å². The van der Waals surface area contributed by atoms with Gasteiger partial charge in [-0.15, -0.1) is 0 Å². The van der Waals surface area contributed by atoms with Crippen LogP contribution in [0.2, 0.25) is 0 Å². The van der Waals surface area contributed by atoms with E-state index in [1.165, 1.54) is 0 Å². The molecular formula is C11H18O4. The molecule has 0 aromatic carbocycles. The van der Waals surface area contributed by atoms with Gasteiger partial charge in [-0.1, -0.05) is 6.42 Å². The Balaban J connectivity index is 2.47. The number of esters is 1. The molecule has 0 aromatic rings. The Morgan fingerprint density at radius 3 is 2.40 bits per heavy atom. The van der Waals surface area contributed by atoms with Crippen LogP contribution in [0.4, 0.5) is 0 Å². The Kier molecular flexibility index (Phi) is 4.27. The Morgan fingerprint density at radius 1 is 1.33 bits per heavy atom. The highest BCUT2D eigenvalue weighted by molar-refractivity contribution is 5.99. The van der Waals surface area contributed by atoms with Crippen molar-refractivity contribution in [2.24, 2.45) is 5.41 Å². The van der Waals surface area contributed by atoms with Gasteiger partial charge in [0.25, 0.3) is 0 Å². The van der Waals surface area contributed by atoms with E-state index in [-0.39, 0.29) is 12.2 Å². The van der Waals surface area contributed by atoms with E-state index in [4.69, 9.17) is 9.47 Å². The van der Waals surface area contributed by atoms with E-state index in [1.54, 1.807) is 14.0 Å². The molecule has 0 heterocycles. The second-order valence-electron chi connectivity index (χ2n) is 3.97. The van der Waals surface area contributed by atoms with Crippen LogP contribution in [0.15, 0.2) is 0 Å². The van der Waals surface area contributed by atoms with Gasteiger partial charge in [0, 0.05) is 7.11 Å². The molecule has 1 rings (SSSR count). The van der Waals surface area contributed by atoms with Crippen LogP contribution in [-0.4, -0.2) is 32.1 Å². The fraction of sp³-hybridized carbons (Fsp3) is 0.818. The van der Waals surface area contributed by atoms with Gasteiger partial charge in [-0.2, -0.15) is 0 Å². The molecule has 0 saturated heterocycles. The standard InChI is InChI=1S/C11H18O4/c1-3-15-10(13)7-9(12)11(8-14-2)5-4-6-11/h3-8H2,1-2H3. The Hall–Kier alpha value is -0.900. The SMILES string of the molecule is CCOC(=O)CC(=O)C1(COC)CCC1. The molecule has 0 amide bonds. The number of carbonyl (C=O) groups is 2. The highest BCUT2D eigenvalue weighted by Gasteiger charge is 2.44. The van der Waals surface area contributed by atoms with E-state index < -0.39 is 11.4 Å². The van der Waals surface area contributed by atoms with Crippen molar-refractivity contribution >= 4 is 11.8 Å². The predicted molar refractivity (Wildman–Crippen MR) is 54.4 cm³/mol. The Morgan fingerprint density at radius 2 is 2.00 bits per heavy atom. The zero-order valence-electron chi connectivity index (χ0n) is 9.38. The summed E-state index contributed by atoms with van der Waals surface area (Å²) in [5, 5.41) is 0. The summed E-state index contributed by atoms with van der Waals surface area (Å²) < 4.78 is 9.79. The van der Waals surface area contributed by atoms with Crippen molar-refractivity contribution in [3.8, 4) is 0 Å². The lowest BCUT2D eigenvalue weighted by Gasteiger charge is -2.39. The molecule has 1 saturated carbocycles. The van der Waals surface area contributed by atoms with Gasteiger partial charge in [-0.05, 0) is 19.8 Å². The minimum atomic E-state index is -0.426. The molecule has 0 spiro atoms. The van der Waals surface area contributed by atoms with Crippen LogP contribution < -0.4 is 0 Å². The second-order valence-corrected chi connectivity index (χ2v) is 3.97. The van der Waals surface area contributed by atoms with Gasteiger partial charge in [0.05, 0.1) is 18.6 Å². The lowest BCUT2D eigenvalue weighted by atomic mass is 9.66. The normalized spacial score (nSPS) is 18.0. The van der Waals surface area contributed by atoms with E-state index in [0.717, 1.165) is 19.3 Å². The van der Waals surface area contributed by atoms with Gasteiger partial charge >= 0.3 is 5.97 Å². The quantitative estimate of drug-likeness (QED) is 0.494. The summed E-state index contributed by atoms with van der Waals surface area (Å²) in [5.41, 5.74) is -0.401. The maximum absolute atomic E-state index is 11.8. The summed E-state index contributed by atoms with van der Waals surface area (Å²) >= 11 is 0. The molecule has 1 aliphatic carbocycles. The average Bonchev–Trinajstić information content (AvgIpc) is 2.11. The van der Waals surface area contributed by atoms with Crippen molar-refractivity contribution < 1.29 is 19.1 Å². The summed E-state index contributed by atoms with van der Waals surface area (Å²) in [5.74, 6) is -0.459. The molecule has 4 nitrogen and oxygen atoms in total. The number of Topliss-reactive ketones (excluding diaryl/α,β-unsaturated/α-hetero) is 1. The molecule has 0 N–H and O–H groups in total. The fourth-order valence-electron chi connectivity index (χ4n) is 1.91. The van der Waals surface area contributed by atoms with Gasteiger partial charge in [0.15, 0.2) is 5.78 Å². The van der Waals surface area contributed by atoms with E-state index >= 15 is 0 Å². The fourth-order valence-corrected chi connectivity index (χ4v) is 1.91. The first-order valence-electron chi connectivity index (χ1n) is 5.32. The summed E-state index contributed by atoms with van der Waals surface area (Å²) in [6.07, 6.45) is 2.59. The molecule has 1 fully saturated rings. The molecule has 0 aliphatic heterocycles. The average molecular weight is 214 g/mol. The van der Waals surface area contributed by atoms with Gasteiger partial charge in [-0.25, -0.2) is 0 Å². The van der Waals surface area contributed by atoms with Crippen molar-refractivity contribution in [1.29, 1.82) is 0 Å². The van der Waals surface area contributed by atoms with Gasteiger partial charge in [-0.3, -0.25) is 9.59 Å². The summed E-state index contributed by atoms with van der Waals surface area (Å²) in [6.45, 7) is 2.48. The molecule has 0 aromatic heterocycles. The molecule has 0 unspecified atom stereocenters. The first kappa shape index (κ1) is 12.2. The largest absolute Gasteiger partial charge is 0.466 e. The van der Waals surface area contributed by atoms with Crippen molar-refractivity contribution in [1.82, 2.24) is 0 Å². The lowest BCUT2D eigenvalue weighted by molar-refractivity contribution is -0.151. The van der Waals surface area contributed by atoms with Crippen LogP contribution >= 0.6 is 0 Å². The van der Waals surface area contributed by atoms with E-state index in [2.05, 4.69) is 0 Å². The number of hydrogen-bond donors (Lipinski definition) is 0. The maximum Gasteiger partial charge on any atom is 0.313 e. The first-order chi connectivity index (χ1) is 7.14. The first-order valence-corrected chi connectivity index (χ1v) is 5.32. The maximum atomic E-state index is 11.8. The van der Waals surface area contributed by atoms with Gasteiger partial charge in [0.1, 0.15) is 6.42 Å². The van der Waals surface area contributed by atoms with Crippen LogP contribution in [-0.2, 0) is 19.1 Å². The molecule has 86 valence electrons. The summed E-state index contributed by atoms with van der Waals surface area (Å²) in [6, 6.07) is 0. The van der Waals surface area contributed by atoms with Crippen LogP contribution in [0, 0.1) is 5.41 Å². The number of ether oxygens (including phenoxy) is 2. The topological polar surface area (TPSA) is 52.6 Å². The minimum Gasteiger partial charge on any atom is -0.466 e. The third-order valence-electron chi connectivity index (χ3n) is 2.93. The Labute approximate surface area is 89.9 Å². The molecular weight excluding hydrogens is 196 g/mol. The van der Waals surface area contributed by atoms with E-state index in [0.29, 0.717) is 13.2 Å². The monoisotopic (exact) mass is 214 g/mol. The highest BCUT2D eigenvalue weighted by Crippen LogP contribution is 2.42. The van der Waals surface area contributed by atoms with E-state index in [1.807, 2.05) is 0 Å². The number of methoxy groups -OCH3 is 1. The third kappa shape index (κ3) is 2.78. The Bertz CT molecular complexity index is 243. The second kappa shape index (κ2) is 5.26. The summed E-state index contributed by atoms with van der Waals surface area (Å²) in [7, 11) is 1.58.